The molecule has 12 nitrogen and oxygen atoms in total. The lowest BCUT2D eigenvalue weighted by atomic mass is 9.99. The Kier molecular flexibility index (Phi) is 27.9. The van der Waals surface area contributed by atoms with Gasteiger partial charge in [0, 0.05) is 13.0 Å². The summed E-state index contributed by atoms with van der Waals surface area (Å²) in [6, 6.07) is 0. The van der Waals surface area contributed by atoms with E-state index < -0.39 is 59.8 Å². The van der Waals surface area contributed by atoms with Crippen molar-refractivity contribution < 1.29 is 56.2 Å². The fourth-order valence-electron chi connectivity index (χ4n) is 6.06. The molecule has 6 atom stereocenters. The Hall–Kier alpha value is -0.900. The van der Waals surface area contributed by atoms with Gasteiger partial charge in [0.25, 0.3) is 0 Å². The van der Waals surface area contributed by atoms with Crippen molar-refractivity contribution in [2.24, 2.45) is 0 Å². The summed E-state index contributed by atoms with van der Waals surface area (Å²) in [6.45, 7) is 3.61. The van der Waals surface area contributed by atoms with E-state index in [1.807, 2.05) is 6.92 Å². The molecular formula is C36H70O12S. The van der Waals surface area contributed by atoms with Crippen LogP contribution in [0.5, 0.6) is 0 Å². The molecule has 0 aliphatic carbocycles. The fourth-order valence-corrected chi connectivity index (χ4v) is 6.57. The van der Waals surface area contributed by atoms with Crippen molar-refractivity contribution >= 4 is 16.4 Å². The van der Waals surface area contributed by atoms with Crippen molar-refractivity contribution in [2.45, 2.75) is 198 Å². The zero-order chi connectivity index (χ0) is 36.2. The van der Waals surface area contributed by atoms with E-state index in [4.69, 9.17) is 23.5 Å². The molecule has 0 aromatic heterocycles. The zero-order valence-corrected chi connectivity index (χ0v) is 31.3. The van der Waals surface area contributed by atoms with E-state index in [0.29, 0.717) is 13.0 Å². The molecular weight excluding hydrogens is 656 g/mol. The topological polar surface area (TPSA) is 178 Å². The number of rotatable bonds is 33. The van der Waals surface area contributed by atoms with Gasteiger partial charge >= 0.3 is 16.4 Å². The highest BCUT2D eigenvalue weighted by Crippen LogP contribution is 2.26. The maximum Gasteiger partial charge on any atom is 0.397 e. The summed E-state index contributed by atoms with van der Waals surface area (Å²) in [6.07, 6.45) is 19.2. The Morgan fingerprint density at radius 2 is 1.16 bits per heavy atom. The predicted octanol–water partition coefficient (Wildman–Crippen LogP) is 6.57. The number of hydrogen-bond donors (Lipinski definition) is 4. The number of aliphatic hydroxyl groups is 3. The summed E-state index contributed by atoms with van der Waals surface area (Å²) in [5, 5.41) is 30.2. The molecule has 1 saturated heterocycles. The number of carbonyl (C=O) groups excluding carboxylic acids is 1. The van der Waals surface area contributed by atoms with Crippen LogP contribution >= 0.6 is 0 Å². The lowest BCUT2D eigenvalue weighted by Crippen LogP contribution is -2.60. The molecule has 1 fully saturated rings. The third-order valence-corrected chi connectivity index (χ3v) is 9.41. The van der Waals surface area contributed by atoms with Gasteiger partial charge in [-0.3, -0.25) is 9.35 Å². The molecule has 13 heteroatoms. The predicted molar refractivity (Wildman–Crippen MR) is 188 cm³/mol. The first-order valence-electron chi connectivity index (χ1n) is 19.3. The number of esters is 1. The lowest BCUT2D eigenvalue weighted by Gasteiger charge is -2.41. The SMILES string of the molecule is CCCCCCCCCCCCCCCCCCCCCCCOCC(COC1OC(CO)C(O)C(OS(=O)(=O)O)C1O)OC(=O)CCC. The highest BCUT2D eigenvalue weighted by molar-refractivity contribution is 7.80. The second-order valence-electron chi connectivity index (χ2n) is 13.5. The summed E-state index contributed by atoms with van der Waals surface area (Å²) < 4.78 is 57.9. The molecule has 0 bridgehead atoms. The van der Waals surface area contributed by atoms with Crippen LogP contribution in [-0.2, 0) is 38.3 Å². The van der Waals surface area contributed by atoms with Gasteiger partial charge in [0.15, 0.2) is 6.29 Å². The third kappa shape index (κ3) is 24.1. The van der Waals surface area contributed by atoms with E-state index in [1.54, 1.807) is 0 Å². The number of ether oxygens (including phenoxy) is 4. The van der Waals surface area contributed by atoms with Crippen LogP contribution in [0.4, 0.5) is 0 Å². The molecule has 49 heavy (non-hydrogen) atoms. The van der Waals surface area contributed by atoms with Gasteiger partial charge in [-0.1, -0.05) is 142 Å². The average Bonchev–Trinajstić information content (AvgIpc) is 3.06. The Morgan fingerprint density at radius 1 is 0.694 bits per heavy atom. The van der Waals surface area contributed by atoms with Crippen LogP contribution in [0.25, 0.3) is 0 Å². The van der Waals surface area contributed by atoms with E-state index in [9.17, 15) is 28.5 Å². The molecule has 292 valence electrons. The molecule has 1 aliphatic rings. The van der Waals surface area contributed by atoms with Crippen LogP contribution in [-0.4, -0.2) is 97.5 Å². The molecule has 1 heterocycles. The van der Waals surface area contributed by atoms with Crippen molar-refractivity contribution in [3.63, 3.8) is 0 Å². The van der Waals surface area contributed by atoms with Gasteiger partial charge in [0.2, 0.25) is 0 Å². The number of hydrogen-bond acceptors (Lipinski definition) is 11. The van der Waals surface area contributed by atoms with Crippen LogP contribution in [0.2, 0.25) is 0 Å². The van der Waals surface area contributed by atoms with Crippen molar-refractivity contribution in [2.75, 3.05) is 26.4 Å². The van der Waals surface area contributed by atoms with E-state index >= 15 is 0 Å². The van der Waals surface area contributed by atoms with Crippen LogP contribution in [0.1, 0.15) is 162 Å². The minimum atomic E-state index is -5.04. The van der Waals surface area contributed by atoms with E-state index in [-0.39, 0.29) is 19.6 Å². The van der Waals surface area contributed by atoms with Crippen molar-refractivity contribution in [1.29, 1.82) is 0 Å². The van der Waals surface area contributed by atoms with E-state index in [2.05, 4.69) is 11.1 Å². The van der Waals surface area contributed by atoms with Crippen molar-refractivity contribution in [1.82, 2.24) is 0 Å². The van der Waals surface area contributed by atoms with Gasteiger partial charge in [0.1, 0.15) is 30.5 Å². The molecule has 1 rings (SSSR count). The first kappa shape index (κ1) is 46.1. The number of carbonyl (C=O) groups is 1. The van der Waals surface area contributed by atoms with E-state index in [1.165, 1.54) is 116 Å². The minimum absolute atomic E-state index is 0.0362. The first-order chi connectivity index (χ1) is 23.6. The molecule has 0 spiro atoms. The summed E-state index contributed by atoms with van der Waals surface area (Å²) in [5.41, 5.74) is 0. The van der Waals surface area contributed by atoms with Gasteiger partial charge in [0.05, 0.1) is 19.8 Å². The van der Waals surface area contributed by atoms with Gasteiger partial charge in [-0.2, -0.15) is 8.42 Å². The second kappa shape index (κ2) is 29.7. The van der Waals surface area contributed by atoms with Crippen LogP contribution in [0.15, 0.2) is 0 Å². The quantitative estimate of drug-likeness (QED) is 0.0325. The summed E-state index contributed by atoms with van der Waals surface area (Å²) >= 11 is 0. The maximum atomic E-state index is 12.2. The number of unbranched alkanes of at least 4 members (excludes halogenated alkanes) is 20. The Morgan fingerprint density at radius 3 is 1.59 bits per heavy atom. The Balaban J connectivity index is 2.15. The molecule has 6 unspecified atom stereocenters. The van der Waals surface area contributed by atoms with Crippen LogP contribution < -0.4 is 0 Å². The maximum absolute atomic E-state index is 12.2. The van der Waals surface area contributed by atoms with Gasteiger partial charge in [-0.15, -0.1) is 0 Å². The Labute approximate surface area is 296 Å². The summed E-state index contributed by atoms with van der Waals surface area (Å²) in [5.74, 6) is -0.449. The largest absolute Gasteiger partial charge is 0.457 e. The van der Waals surface area contributed by atoms with Crippen LogP contribution in [0.3, 0.4) is 0 Å². The van der Waals surface area contributed by atoms with Crippen LogP contribution in [0, 0.1) is 0 Å². The molecule has 0 aromatic carbocycles. The molecule has 4 N–H and O–H groups in total. The second-order valence-corrected chi connectivity index (χ2v) is 14.6. The molecule has 0 saturated carbocycles. The molecule has 0 amide bonds. The Bertz CT molecular complexity index is 889. The monoisotopic (exact) mass is 726 g/mol. The summed E-state index contributed by atoms with van der Waals surface area (Å²) in [7, 11) is -5.04. The molecule has 0 radical (unpaired) electrons. The van der Waals surface area contributed by atoms with Gasteiger partial charge in [-0.25, -0.2) is 4.18 Å². The lowest BCUT2D eigenvalue weighted by molar-refractivity contribution is -0.301. The van der Waals surface area contributed by atoms with E-state index in [0.717, 1.165) is 19.3 Å². The first-order valence-corrected chi connectivity index (χ1v) is 20.7. The molecule has 0 aromatic rings. The average molecular weight is 727 g/mol. The normalized spacial score (nSPS) is 22.0. The van der Waals surface area contributed by atoms with Gasteiger partial charge < -0.3 is 34.3 Å². The number of aliphatic hydroxyl groups excluding tert-OH is 3. The smallest absolute Gasteiger partial charge is 0.397 e. The minimum Gasteiger partial charge on any atom is -0.457 e. The molecule has 1 aliphatic heterocycles. The standard InChI is InChI=1S/C36H70O12S/c1-3-5-6-7-8-9-10-11-12-13-14-15-16-17-18-19-20-21-22-23-24-26-44-28-30(46-32(38)25-4-2)29-45-36-34(40)35(48-49(41,42)43)33(39)31(27-37)47-36/h30-31,33-37,39-40H,3-29H2,1-2H3,(H,41,42,43). The third-order valence-electron chi connectivity index (χ3n) is 8.95. The fraction of sp³-hybridized carbons (Fsp3) is 0.972. The van der Waals surface area contributed by atoms with Crippen molar-refractivity contribution in [3.8, 4) is 0 Å². The van der Waals surface area contributed by atoms with Crippen molar-refractivity contribution in [3.05, 3.63) is 0 Å². The van der Waals surface area contributed by atoms with Gasteiger partial charge in [-0.05, 0) is 12.8 Å². The highest BCUT2D eigenvalue weighted by atomic mass is 32.3. The zero-order valence-electron chi connectivity index (χ0n) is 30.5. The highest BCUT2D eigenvalue weighted by Gasteiger charge is 2.48. The summed E-state index contributed by atoms with van der Waals surface area (Å²) in [4.78, 5) is 12.2.